The van der Waals surface area contributed by atoms with Gasteiger partial charge in [0, 0.05) is 11.6 Å². The highest BCUT2D eigenvalue weighted by atomic mass is 35.5. The Hall–Kier alpha value is -1.54. The van der Waals surface area contributed by atoms with Gasteiger partial charge in [-0.2, -0.15) is 0 Å². The van der Waals surface area contributed by atoms with Gasteiger partial charge in [-0.1, -0.05) is 0 Å². The normalized spacial score (nSPS) is 14.5. The minimum Gasteiger partial charge on any atom is -0.491 e. The fourth-order valence-electron chi connectivity index (χ4n) is 1.95. The number of Topliss-reactive ketones (excluding diaryl/α,β-unsaturated/α-hetero) is 2. The predicted molar refractivity (Wildman–Crippen MR) is 72.1 cm³/mol. The number of hydrogen-bond acceptors (Lipinski definition) is 4. The van der Waals surface area contributed by atoms with Gasteiger partial charge in [0.25, 0.3) is 0 Å². The number of thioether (sulfide) groups is 1. The third-order valence-corrected chi connectivity index (χ3v) is 4.35. The number of fused-ring (bicyclic) bond motifs is 1. The van der Waals surface area contributed by atoms with Crippen LogP contribution < -0.4 is 0 Å². The molecule has 0 N–H and O–H groups in total. The Morgan fingerprint density at radius 1 is 0.955 bits per heavy atom. The molecule has 0 unspecified atom stereocenters. The van der Waals surface area contributed by atoms with Crippen LogP contribution in [0.5, 0.6) is 0 Å². The van der Waals surface area contributed by atoms with Crippen LogP contribution in [0.25, 0.3) is 0 Å². The molecule has 0 bridgehead atoms. The van der Waals surface area contributed by atoms with E-state index in [0.717, 1.165) is 18.9 Å². The van der Waals surface area contributed by atoms with Gasteiger partial charge in [-0.3, -0.25) is 9.59 Å². The van der Waals surface area contributed by atoms with Crippen molar-refractivity contribution in [2.75, 3.05) is 18.7 Å². The minimum absolute atomic E-state index is 0.105. The summed E-state index contributed by atoms with van der Waals surface area (Å²) in [5.74, 6) is -10.8. The summed E-state index contributed by atoms with van der Waals surface area (Å²) >= 11 is 6.25. The third kappa shape index (κ3) is 2.40. The molecule has 9 heteroatoms. The molecule has 0 saturated heterocycles. The molecular weight excluding hydrogens is 348 g/mol. The largest absolute Gasteiger partial charge is 0.491 e. The van der Waals surface area contributed by atoms with Crippen LogP contribution in [0.15, 0.2) is 10.7 Å². The van der Waals surface area contributed by atoms with Crippen LogP contribution in [-0.2, 0) is 4.74 Å². The Morgan fingerprint density at radius 3 is 1.91 bits per heavy atom. The van der Waals surface area contributed by atoms with E-state index in [4.69, 9.17) is 16.3 Å². The summed E-state index contributed by atoms with van der Waals surface area (Å²) in [6.07, 6.45) is 0. The van der Waals surface area contributed by atoms with E-state index in [1.807, 2.05) is 0 Å². The number of carbonyl (C=O) groups is 2. The lowest BCUT2D eigenvalue weighted by atomic mass is 9.91. The first-order chi connectivity index (χ1) is 10.4. The first-order valence-corrected chi connectivity index (χ1v) is 7.31. The molecule has 0 saturated carbocycles. The van der Waals surface area contributed by atoms with Gasteiger partial charge < -0.3 is 4.74 Å². The Morgan fingerprint density at radius 2 is 1.45 bits per heavy atom. The van der Waals surface area contributed by atoms with Crippen LogP contribution in [-0.4, -0.2) is 30.3 Å². The fourth-order valence-corrected chi connectivity index (χ4v) is 3.00. The average Bonchev–Trinajstić information content (AvgIpc) is 2.50. The van der Waals surface area contributed by atoms with Gasteiger partial charge in [0.2, 0.25) is 11.6 Å². The monoisotopic (exact) mass is 354 g/mol. The van der Waals surface area contributed by atoms with E-state index in [0.29, 0.717) is 0 Å². The van der Waals surface area contributed by atoms with Crippen molar-refractivity contribution < 1.29 is 31.9 Å². The minimum atomic E-state index is -2.16. The summed E-state index contributed by atoms with van der Waals surface area (Å²) in [6, 6.07) is 0. The van der Waals surface area contributed by atoms with E-state index in [2.05, 4.69) is 0 Å². The lowest BCUT2D eigenvalue weighted by Crippen LogP contribution is -2.26. The molecule has 118 valence electrons. The van der Waals surface area contributed by atoms with Crippen molar-refractivity contribution in [1.82, 2.24) is 0 Å². The van der Waals surface area contributed by atoms with Gasteiger partial charge in [-0.05, 0) is 0 Å². The number of ether oxygens (including phenoxy) is 1. The predicted octanol–water partition coefficient (Wildman–Crippen LogP) is 3.45. The number of rotatable bonds is 4. The van der Waals surface area contributed by atoms with E-state index < -0.39 is 51.7 Å². The Bertz CT molecular complexity index is 718. The van der Waals surface area contributed by atoms with Crippen LogP contribution in [0, 0.1) is 23.3 Å². The summed E-state index contributed by atoms with van der Waals surface area (Å²) in [5, 5.41) is 0. The maximum atomic E-state index is 13.8. The molecule has 0 radical (unpaired) electrons. The maximum Gasteiger partial charge on any atom is 0.232 e. The Kier molecular flexibility index (Phi) is 4.81. The molecule has 22 heavy (non-hydrogen) atoms. The topological polar surface area (TPSA) is 43.4 Å². The van der Waals surface area contributed by atoms with Crippen molar-refractivity contribution >= 4 is 34.9 Å². The molecule has 1 aliphatic carbocycles. The first kappa shape index (κ1) is 16.8. The molecule has 0 aromatic heterocycles. The lowest BCUT2D eigenvalue weighted by Gasteiger charge is -2.20. The molecule has 1 aromatic carbocycles. The smallest absolute Gasteiger partial charge is 0.232 e. The molecule has 1 aliphatic rings. The number of benzene rings is 1. The highest BCUT2D eigenvalue weighted by molar-refractivity contribution is 8.04. The first-order valence-electron chi connectivity index (χ1n) is 5.79. The van der Waals surface area contributed by atoms with Gasteiger partial charge in [0.05, 0.1) is 18.2 Å². The number of methoxy groups -OCH3 is 1. The number of alkyl halides is 1. The van der Waals surface area contributed by atoms with E-state index >= 15 is 0 Å². The van der Waals surface area contributed by atoms with Gasteiger partial charge >= 0.3 is 0 Å². The van der Waals surface area contributed by atoms with Crippen LogP contribution in [0.1, 0.15) is 20.7 Å². The summed E-state index contributed by atoms with van der Waals surface area (Å²) in [4.78, 5) is 24.0. The zero-order valence-electron chi connectivity index (χ0n) is 10.9. The molecule has 0 spiro atoms. The van der Waals surface area contributed by atoms with Gasteiger partial charge in [0.1, 0.15) is 4.91 Å². The third-order valence-electron chi connectivity index (χ3n) is 2.87. The summed E-state index contributed by atoms with van der Waals surface area (Å²) in [5.41, 5.74) is -2.31. The molecule has 0 heterocycles. The van der Waals surface area contributed by atoms with Gasteiger partial charge in [-0.25, -0.2) is 17.6 Å². The van der Waals surface area contributed by atoms with Crippen molar-refractivity contribution in [2.45, 2.75) is 0 Å². The quantitative estimate of drug-likeness (QED) is 0.359. The molecular formula is C13H7ClF4O3S. The second kappa shape index (κ2) is 6.29. The molecule has 0 amide bonds. The van der Waals surface area contributed by atoms with Crippen LogP contribution >= 0.6 is 23.4 Å². The number of halogens is 5. The molecule has 2 rings (SSSR count). The van der Waals surface area contributed by atoms with Crippen LogP contribution in [0.3, 0.4) is 0 Å². The zero-order chi connectivity index (χ0) is 16.6. The van der Waals surface area contributed by atoms with E-state index in [1.54, 1.807) is 0 Å². The second-order valence-electron chi connectivity index (χ2n) is 4.06. The fraction of sp³-hybridized carbons (Fsp3) is 0.231. The SMILES string of the molecule is COC1=C(SCCCl)C(=O)c2c(F)c(F)c(F)c(F)c2C1=O. The number of allylic oxidation sites excluding steroid dienone is 2. The molecule has 0 aliphatic heterocycles. The van der Waals surface area contributed by atoms with Gasteiger partial charge in [0.15, 0.2) is 29.0 Å². The Labute approximate surface area is 131 Å². The summed E-state index contributed by atoms with van der Waals surface area (Å²) in [6.45, 7) is 0. The second-order valence-corrected chi connectivity index (χ2v) is 5.55. The lowest BCUT2D eigenvalue weighted by molar-refractivity contribution is 0.0904. The van der Waals surface area contributed by atoms with Crippen LogP contribution in [0.2, 0.25) is 0 Å². The molecule has 0 fully saturated rings. The standard InChI is InChI=1S/C13H7ClF4O3S/c1-21-12-10(19)4-5(11(20)13(12)22-3-2-14)7(16)9(18)8(17)6(4)15/h2-3H2,1H3. The van der Waals surface area contributed by atoms with Crippen molar-refractivity contribution in [3.63, 3.8) is 0 Å². The van der Waals surface area contributed by atoms with Crippen molar-refractivity contribution in [3.8, 4) is 0 Å². The van der Waals surface area contributed by atoms with E-state index in [1.165, 1.54) is 0 Å². The van der Waals surface area contributed by atoms with E-state index in [9.17, 15) is 27.2 Å². The number of ketones is 2. The molecule has 1 aromatic rings. The highest BCUT2D eigenvalue weighted by Crippen LogP contribution is 2.37. The Balaban J connectivity index is 2.76. The summed E-state index contributed by atoms with van der Waals surface area (Å²) in [7, 11) is 1.04. The maximum absolute atomic E-state index is 13.8. The number of hydrogen-bond donors (Lipinski definition) is 0. The molecule has 3 nitrogen and oxygen atoms in total. The van der Waals surface area contributed by atoms with Crippen molar-refractivity contribution in [3.05, 3.63) is 45.1 Å². The van der Waals surface area contributed by atoms with E-state index in [-0.39, 0.29) is 16.5 Å². The van der Waals surface area contributed by atoms with Crippen LogP contribution in [0.4, 0.5) is 17.6 Å². The average molecular weight is 355 g/mol. The van der Waals surface area contributed by atoms with Crippen molar-refractivity contribution in [2.24, 2.45) is 0 Å². The van der Waals surface area contributed by atoms with Crippen molar-refractivity contribution in [1.29, 1.82) is 0 Å². The zero-order valence-corrected chi connectivity index (χ0v) is 12.5. The molecule has 0 atom stereocenters. The summed E-state index contributed by atoms with van der Waals surface area (Å²) < 4.78 is 58.9. The number of carbonyl (C=O) groups excluding carboxylic acids is 2. The highest BCUT2D eigenvalue weighted by Gasteiger charge is 2.41. The van der Waals surface area contributed by atoms with Gasteiger partial charge in [-0.15, -0.1) is 23.4 Å².